The molecule has 0 aliphatic heterocycles. The number of pyridine rings is 4. The second kappa shape index (κ2) is 8.62. The van der Waals surface area contributed by atoms with Gasteiger partial charge in [0, 0.05) is 77.6 Å². The molecule has 41 heavy (non-hydrogen) atoms. The number of rotatable bonds is 2. The summed E-state index contributed by atoms with van der Waals surface area (Å²) in [4.78, 5) is 18.8. The SMILES string of the molecule is c1cnc2c(c1)ccc1c(-c3cccc4c3sc3c(-c5ccnc6c5ccc5cccnc56)cccc34)ccnc12. The summed E-state index contributed by atoms with van der Waals surface area (Å²) in [5.74, 6) is 0. The monoisotopic (exact) mass is 540 g/mol. The van der Waals surface area contributed by atoms with Crippen LogP contribution in [0.5, 0.6) is 0 Å². The van der Waals surface area contributed by atoms with E-state index < -0.39 is 0 Å². The van der Waals surface area contributed by atoms with Gasteiger partial charge in [0.05, 0.1) is 22.1 Å². The van der Waals surface area contributed by atoms with Gasteiger partial charge in [-0.25, -0.2) is 0 Å². The Morgan fingerprint density at radius 2 is 0.829 bits per heavy atom. The van der Waals surface area contributed by atoms with E-state index in [4.69, 9.17) is 9.97 Å². The van der Waals surface area contributed by atoms with Crippen LogP contribution in [0.25, 0.3) is 86.0 Å². The highest BCUT2D eigenvalue weighted by Crippen LogP contribution is 2.46. The highest BCUT2D eigenvalue weighted by molar-refractivity contribution is 7.26. The van der Waals surface area contributed by atoms with Crippen molar-refractivity contribution in [1.82, 2.24) is 19.9 Å². The minimum Gasteiger partial charge on any atom is -0.254 e. The summed E-state index contributed by atoms with van der Waals surface area (Å²) >= 11 is 1.86. The Labute approximate surface area is 238 Å². The van der Waals surface area contributed by atoms with Crippen LogP contribution in [0.3, 0.4) is 0 Å². The zero-order valence-corrected chi connectivity index (χ0v) is 22.6. The molecule has 5 heteroatoms. The van der Waals surface area contributed by atoms with Gasteiger partial charge in [0.1, 0.15) is 0 Å². The van der Waals surface area contributed by atoms with Gasteiger partial charge in [-0.05, 0) is 35.4 Å². The summed E-state index contributed by atoms with van der Waals surface area (Å²) < 4.78 is 2.54. The quantitative estimate of drug-likeness (QED) is 0.205. The lowest BCUT2D eigenvalue weighted by molar-refractivity contribution is 1.37. The third-order valence-corrected chi connectivity index (χ3v) is 9.36. The molecule has 9 aromatic rings. The first-order valence-electron chi connectivity index (χ1n) is 13.5. The Balaban J connectivity index is 1.32. The minimum absolute atomic E-state index is 0.934. The topological polar surface area (TPSA) is 51.6 Å². The molecular weight excluding hydrogens is 520 g/mol. The van der Waals surface area contributed by atoms with Crippen molar-refractivity contribution in [3.63, 3.8) is 0 Å². The third-order valence-electron chi connectivity index (χ3n) is 8.07. The van der Waals surface area contributed by atoms with Crippen LogP contribution < -0.4 is 0 Å². The van der Waals surface area contributed by atoms with E-state index in [-0.39, 0.29) is 0 Å². The number of benzene rings is 4. The Bertz CT molecular complexity index is 2320. The Hall–Kier alpha value is -5.26. The molecule has 4 nitrogen and oxygen atoms in total. The maximum atomic E-state index is 4.75. The molecule has 5 heterocycles. The highest BCUT2D eigenvalue weighted by atomic mass is 32.1. The van der Waals surface area contributed by atoms with Crippen molar-refractivity contribution in [2.45, 2.75) is 0 Å². The molecule has 0 atom stereocenters. The van der Waals surface area contributed by atoms with E-state index >= 15 is 0 Å². The van der Waals surface area contributed by atoms with Crippen molar-refractivity contribution in [3.8, 4) is 22.3 Å². The molecule has 190 valence electrons. The van der Waals surface area contributed by atoms with E-state index in [1.807, 2.05) is 48.3 Å². The van der Waals surface area contributed by atoms with Crippen LogP contribution in [0.2, 0.25) is 0 Å². The fourth-order valence-corrected chi connectivity index (χ4v) is 7.58. The molecule has 4 aromatic carbocycles. The average molecular weight is 541 g/mol. The molecule has 0 bridgehead atoms. The number of nitrogens with zero attached hydrogens (tertiary/aromatic N) is 4. The van der Waals surface area contributed by atoms with Gasteiger partial charge in [-0.2, -0.15) is 0 Å². The molecule has 0 aliphatic carbocycles. The molecule has 0 saturated heterocycles. The van der Waals surface area contributed by atoms with E-state index in [2.05, 4.69) is 94.9 Å². The van der Waals surface area contributed by atoms with Crippen molar-refractivity contribution in [2.75, 3.05) is 0 Å². The average Bonchev–Trinajstić information content (AvgIpc) is 3.43. The second-order valence-corrected chi connectivity index (χ2v) is 11.3. The highest BCUT2D eigenvalue weighted by Gasteiger charge is 2.17. The van der Waals surface area contributed by atoms with Crippen molar-refractivity contribution >= 4 is 75.1 Å². The van der Waals surface area contributed by atoms with E-state index in [1.165, 1.54) is 42.4 Å². The predicted octanol–water partition coefficient (Wildman–Crippen LogP) is 9.58. The van der Waals surface area contributed by atoms with Gasteiger partial charge in [0.15, 0.2) is 0 Å². The summed E-state index contributed by atoms with van der Waals surface area (Å²) in [5.41, 5.74) is 8.51. The molecule has 0 aliphatic rings. The fourth-order valence-electron chi connectivity index (χ4n) is 6.22. The summed E-state index contributed by atoms with van der Waals surface area (Å²) in [5, 5.41) is 6.95. The molecule has 0 amide bonds. The zero-order chi connectivity index (χ0) is 26.9. The molecular formula is C36H20N4S. The Kier molecular flexibility index (Phi) is 4.74. The smallest absolute Gasteiger partial charge is 0.0970 e. The van der Waals surface area contributed by atoms with Gasteiger partial charge >= 0.3 is 0 Å². The van der Waals surface area contributed by atoms with Crippen LogP contribution in [0.15, 0.2) is 122 Å². The molecule has 0 N–H and O–H groups in total. The van der Waals surface area contributed by atoms with Crippen molar-refractivity contribution < 1.29 is 0 Å². The molecule has 0 radical (unpaired) electrons. The predicted molar refractivity (Wildman–Crippen MR) is 171 cm³/mol. The second-order valence-electron chi connectivity index (χ2n) is 10.3. The summed E-state index contributed by atoms with van der Waals surface area (Å²) in [6.07, 6.45) is 7.49. The van der Waals surface area contributed by atoms with E-state index in [0.29, 0.717) is 0 Å². The molecule has 0 saturated carbocycles. The van der Waals surface area contributed by atoms with Crippen LogP contribution in [-0.4, -0.2) is 19.9 Å². The first-order chi connectivity index (χ1) is 20.3. The number of thiophene rings is 1. The van der Waals surface area contributed by atoms with Gasteiger partial charge < -0.3 is 0 Å². The van der Waals surface area contributed by atoms with Gasteiger partial charge in [-0.1, -0.05) is 72.8 Å². The van der Waals surface area contributed by atoms with Crippen LogP contribution in [-0.2, 0) is 0 Å². The molecule has 9 rings (SSSR count). The van der Waals surface area contributed by atoms with Crippen molar-refractivity contribution in [1.29, 1.82) is 0 Å². The Morgan fingerprint density at radius 1 is 0.341 bits per heavy atom. The lowest BCUT2D eigenvalue weighted by atomic mass is 9.96. The summed E-state index contributed by atoms with van der Waals surface area (Å²) in [7, 11) is 0. The van der Waals surface area contributed by atoms with Gasteiger partial charge in [0.2, 0.25) is 0 Å². The summed E-state index contributed by atoms with van der Waals surface area (Å²) in [6.45, 7) is 0. The first kappa shape index (κ1) is 22.5. The van der Waals surface area contributed by atoms with Gasteiger partial charge in [-0.3, -0.25) is 19.9 Å². The van der Waals surface area contributed by atoms with Crippen LogP contribution in [0.4, 0.5) is 0 Å². The molecule has 0 unspecified atom stereocenters. The lowest BCUT2D eigenvalue weighted by Gasteiger charge is -2.09. The maximum Gasteiger partial charge on any atom is 0.0970 e. The molecule has 5 aromatic heterocycles. The number of aromatic nitrogens is 4. The third kappa shape index (κ3) is 3.27. The van der Waals surface area contributed by atoms with Crippen molar-refractivity contribution in [2.24, 2.45) is 0 Å². The van der Waals surface area contributed by atoms with Crippen LogP contribution in [0, 0.1) is 0 Å². The lowest BCUT2D eigenvalue weighted by Crippen LogP contribution is -1.88. The van der Waals surface area contributed by atoms with E-state index in [1.54, 1.807) is 0 Å². The number of hydrogen-bond donors (Lipinski definition) is 0. The number of hydrogen-bond acceptors (Lipinski definition) is 5. The van der Waals surface area contributed by atoms with Crippen molar-refractivity contribution in [3.05, 3.63) is 122 Å². The minimum atomic E-state index is 0.934. The maximum absolute atomic E-state index is 4.75. The fraction of sp³-hybridized carbons (Fsp3) is 0. The first-order valence-corrected chi connectivity index (χ1v) is 14.4. The molecule has 0 spiro atoms. The van der Waals surface area contributed by atoms with Crippen LogP contribution in [0.1, 0.15) is 0 Å². The standard InChI is InChI=1S/C36H20N4S/c1-7-27(23-15-19-39-33-25(23)13-11-21-5-3-17-37-31(21)33)35-29(9-1)30-10-2-8-28(36(30)41-35)24-16-20-40-34-26(24)14-12-22-6-4-18-38-32(22)34/h1-20H. The Morgan fingerprint density at radius 3 is 1.34 bits per heavy atom. The normalized spacial score (nSPS) is 11.9. The number of fused-ring (bicyclic) bond motifs is 9. The van der Waals surface area contributed by atoms with E-state index in [0.717, 1.165) is 43.6 Å². The van der Waals surface area contributed by atoms with Gasteiger partial charge in [0.25, 0.3) is 0 Å². The van der Waals surface area contributed by atoms with Crippen LogP contribution >= 0.6 is 11.3 Å². The largest absolute Gasteiger partial charge is 0.254 e. The molecule has 0 fully saturated rings. The van der Waals surface area contributed by atoms with Gasteiger partial charge in [-0.15, -0.1) is 11.3 Å². The summed E-state index contributed by atoms with van der Waals surface area (Å²) in [6, 6.07) is 34.3. The zero-order valence-electron chi connectivity index (χ0n) is 21.7. The van der Waals surface area contributed by atoms with E-state index in [9.17, 15) is 0 Å².